The van der Waals surface area contributed by atoms with Gasteiger partial charge < -0.3 is 5.73 Å². The highest BCUT2D eigenvalue weighted by atomic mass is 35.5. The lowest BCUT2D eigenvalue weighted by molar-refractivity contribution is -0.137. The van der Waals surface area contributed by atoms with Gasteiger partial charge in [0.2, 0.25) is 0 Å². The van der Waals surface area contributed by atoms with Crippen molar-refractivity contribution in [2.75, 3.05) is 0 Å². The molecule has 0 aromatic heterocycles. The van der Waals surface area contributed by atoms with E-state index in [1.807, 2.05) is 0 Å². The highest BCUT2D eigenvalue weighted by Crippen LogP contribution is 2.39. The Morgan fingerprint density at radius 1 is 1.31 bits per heavy atom. The van der Waals surface area contributed by atoms with Crippen molar-refractivity contribution in [2.45, 2.75) is 31.5 Å². The lowest BCUT2D eigenvalue weighted by Gasteiger charge is -2.24. The second kappa shape index (κ2) is 3.93. The first-order valence-electron chi connectivity index (χ1n) is 5.04. The molecule has 1 aromatic carbocycles. The number of rotatable bonds is 0. The first-order chi connectivity index (χ1) is 7.39. The number of hydrogen-bond acceptors (Lipinski definition) is 1. The van der Waals surface area contributed by atoms with Crippen LogP contribution in [0.2, 0.25) is 5.02 Å². The third-order valence-electron chi connectivity index (χ3n) is 2.90. The maximum atomic E-state index is 12.6. The molecule has 0 unspecified atom stereocenters. The summed E-state index contributed by atoms with van der Waals surface area (Å²) in [6, 6.07) is 2.31. The molecule has 2 rings (SSSR count). The molecule has 0 fully saturated rings. The van der Waals surface area contributed by atoms with Gasteiger partial charge in [-0.15, -0.1) is 0 Å². The Hall–Kier alpha value is -0.740. The summed E-state index contributed by atoms with van der Waals surface area (Å²) in [7, 11) is 0. The third kappa shape index (κ3) is 2.04. The van der Waals surface area contributed by atoms with Gasteiger partial charge in [0.1, 0.15) is 0 Å². The van der Waals surface area contributed by atoms with Crippen LogP contribution in [0.3, 0.4) is 0 Å². The molecular weight excluding hydrogens is 239 g/mol. The molecule has 16 heavy (non-hydrogen) atoms. The smallest absolute Gasteiger partial charge is 0.324 e. The molecule has 1 aliphatic rings. The maximum Gasteiger partial charge on any atom is 0.417 e. The van der Waals surface area contributed by atoms with Crippen molar-refractivity contribution in [3.63, 3.8) is 0 Å². The van der Waals surface area contributed by atoms with E-state index in [1.54, 1.807) is 0 Å². The van der Waals surface area contributed by atoms with Gasteiger partial charge in [-0.3, -0.25) is 0 Å². The molecule has 0 spiro atoms. The van der Waals surface area contributed by atoms with Gasteiger partial charge in [-0.25, -0.2) is 0 Å². The Balaban J connectivity index is 2.53. The van der Waals surface area contributed by atoms with E-state index in [1.165, 1.54) is 6.07 Å². The van der Waals surface area contributed by atoms with Crippen molar-refractivity contribution in [1.82, 2.24) is 0 Å². The Morgan fingerprint density at radius 3 is 2.62 bits per heavy atom. The monoisotopic (exact) mass is 249 g/mol. The van der Waals surface area contributed by atoms with Gasteiger partial charge in [-0.1, -0.05) is 11.6 Å². The van der Waals surface area contributed by atoms with E-state index in [-0.39, 0.29) is 11.1 Å². The van der Waals surface area contributed by atoms with Gasteiger partial charge in [0.15, 0.2) is 0 Å². The van der Waals surface area contributed by atoms with Crippen LogP contribution in [0.1, 0.15) is 35.6 Å². The highest BCUT2D eigenvalue weighted by Gasteiger charge is 2.34. The van der Waals surface area contributed by atoms with Gasteiger partial charge in [0.05, 0.1) is 10.6 Å². The Morgan fingerprint density at radius 2 is 2.00 bits per heavy atom. The molecule has 0 amide bonds. The van der Waals surface area contributed by atoms with Gasteiger partial charge in [0, 0.05) is 6.04 Å². The molecule has 0 bridgehead atoms. The standard InChI is InChI=1S/C11H11ClF3N/c12-9-5-7-6(2-1-3-10(7)16)4-8(9)11(13,14)15/h4-5,10H,1-3,16H2/t10-/m0/s1. The summed E-state index contributed by atoms with van der Waals surface area (Å²) in [5.74, 6) is 0. The second-order valence-electron chi connectivity index (χ2n) is 4.03. The number of nitrogens with two attached hydrogens (primary N) is 1. The van der Waals surface area contributed by atoms with Crippen molar-refractivity contribution in [3.8, 4) is 0 Å². The molecule has 1 aliphatic carbocycles. The summed E-state index contributed by atoms with van der Waals surface area (Å²) in [5, 5.41) is -0.261. The molecule has 0 heterocycles. The summed E-state index contributed by atoms with van der Waals surface area (Å²) in [5.41, 5.74) is 6.50. The van der Waals surface area contributed by atoms with Crippen LogP contribution in [0.25, 0.3) is 0 Å². The quantitative estimate of drug-likeness (QED) is 0.746. The van der Waals surface area contributed by atoms with Crippen LogP contribution < -0.4 is 5.73 Å². The molecule has 1 atom stereocenters. The van der Waals surface area contributed by atoms with Gasteiger partial charge in [-0.2, -0.15) is 13.2 Å². The SMILES string of the molecule is N[C@H]1CCCc2cc(C(F)(F)F)c(Cl)cc21. The lowest BCUT2D eigenvalue weighted by atomic mass is 9.87. The minimum absolute atomic E-state index is 0.191. The topological polar surface area (TPSA) is 26.0 Å². The molecule has 0 aliphatic heterocycles. The van der Waals surface area contributed by atoms with E-state index in [0.29, 0.717) is 12.0 Å². The number of hydrogen-bond donors (Lipinski definition) is 1. The Labute approximate surface area is 96.4 Å². The first kappa shape index (κ1) is 11.7. The first-order valence-corrected chi connectivity index (χ1v) is 5.42. The predicted octanol–water partition coefficient (Wildman–Crippen LogP) is 3.69. The summed E-state index contributed by atoms with van der Waals surface area (Å²) >= 11 is 5.64. The molecule has 0 radical (unpaired) electrons. The lowest BCUT2D eigenvalue weighted by Crippen LogP contribution is -2.19. The largest absolute Gasteiger partial charge is 0.417 e. The fourth-order valence-corrected chi connectivity index (χ4v) is 2.36. The molecule has 5 heteroatoms. The minimum atomic E-state index is -4.40. The molecule has 88 valence electrons. The average Bonchev–Trinajstić information content (AvgIpc) is 2.17. The fourth-order valence-electron chi connectivity index (χ4n) is 2.08. The van der Waals surface area contributed by atoms with Gasteiger partial charge >= 0.3 is 6.18 Å². The number of benzene rings is 1. The maximum absolute atomic E-state index is 12.6. The van der Waals surface area contributed by atoms with E-state index in [9.17, 15) is 13.2 Å². The highest BCUT2D eigenvalue weighted by molar-refractivity contribution is 6.31. The number of alkyl halides is 3. The molecule has 2 N–H and O–H groups in total. The zero-order valence-corrected chi connectivity index (χ0v) is 9.20. The van der Waals surface area contributed by atoms with Gasteiger partial charge in [0.25, 0.3) is 0 Å². The molecule has 0 saturated heterocycles. The summed E-state index contributed by atoms with van der Waals surface area (Å²) < 4.78 is 37.8. The normalized spacial score (nSPS) is 20.7. The molecular formula is C11H11ClF3N. The van der Waals surface area contributed by atoms with Crippen LogP contribution in [0.4, 0.5) is 13.2 Å². The van der Waals surface area contributed by atoms with Crippen LogP contribution in [0.5, 0.6) is 0 Å². The summed E-state index contributed by atoms with van der Waals surface area (Å²) in [6.07, 6.45) is -2.13. The third-order valence-corrected chi connectivity index (χ3v) is 3.21. The van der Waals surface area contributed by atoms with Crippen LogP contribution in [-0.2, 0) is 12.6 Å². The number of aryl methyl sites for hydroxylation is 1. The van der Waals surface area contributed by atoms with Crippen molar-refractivity contribution >= 4 is 11.6 Å². The second-order valence-corrected chi connectivity index (χ2v) is 4.43. The molecule has 1 nitrogen and oxygen atoms in total. The van der Waals surface area contributed by atoms with Crippen molar-refractivity contribution in [3.05, 3.63) is 33.8 Å². The van der Waals surface area contributed by atoms with E-state index in [0.717, 1.165) is 24.5 Å². The number of halogens is 4. The van der Waals surface area contributed by atoms with Crippen LogP contribution in [0, 0.1) is 0 Å². The van der Waals surface area contributed by atoms with E-state index < -0.39 is 11.7 Å². The van der Waals surface area contributed by atoms with E-state index in [4.69, 9.17) is 17.3 Å². The van der Waals surface area contributed by atoms with Crippen molar-refractivity contribution in [1.29, 1.82) is 0 Å². The van der Waals surface area contributed by atoms with Crippen molar-refractivity contribution < 1.29 is 13.2 Å². The number of fused-ring (bicyclic) bond motifs is 1. The fraction of sp³-hybridized carbons (Fsp3) is 0.455. The van der Waals surface area contributed by atoms with Gasteiger partial charge in [-0.05, 0) is 42.5 Å². The molecule has 1 aromatic rings. The Kier molecular flexibility index (Phi) is 2.88. The van der Waals surface area contributed by atoms with Crippen LogP contribution in [-0.4, -0.2) is 0 Å². The summed E-state index contributed by atoms with van der Waals surface area (Å²) in [4.78, 5) is 0. The van der Waals surface area contributed by atoms with E-state index in [2.05, 4.69) is 0 Å². The summed E-state index contributed by atoms with van der Waals surface area (Å²) in [6.45, 7) is 0. The predicted molar refractivity (Wildman–Crippen MR) is 56.3 cm³/mol. The molecule has 0 saturated carbocycles. The van der Waals surface area contributed by atoms with Crippen molar-refractivity contribution in [2.24, 2.45) is 5.73 Å². The average molecular weight is 250 g/mol. The zero-order chi connectivity index (χ0) is 11.9. The minimum Gasteiger partial charge on any atom is -0.324 e. The van der Waals surface area contributed by atoms with E-state index >= 15 is 0 Å². The Bertz CT molecular complexity index is 414. The van der Waals surface area contributed by atoms with Crippen LogP contribution >= 0.6 is 11.6 Å². The van der Waals surface area contributed by atoms with Crippen LogP contribution in [0.15, 0.2) is 12.1 Å². The zero-order valence-electron chi connectivity index (χ0n) is 8.44.